The van der Waals surface area contributed by atoms with E-state index in [-0.39, 0.29) is 23.8 Å². The molecule has 1 fully saturated rings. The second kappa shape index (κ2) is 6.25. The van der Waals surface area contributed by atoms with Crippen molar-refractivity contribution < 1.29 is 24.2 Å². The van der Waals surface area contributed by atoms with Crippen molar-refractivity contribution >= 4 is 17.6 Å². The number of benzene rings is 1. The number of carbonyl (C=O) groups is 2. The van der Waals surface area contributed by atoms with E-state index in [0.717, 1.165) is 0 Å². The van der Waals surface area contributed by atoms with Crippen LogP contribution in [0.4, 0.5) is 5.69 Å². The molecule has 1 saturated heterocycles. The maximum absolute atomic E-state index is 11.9. The maximum Gasteiger partial charge on any atom is 0.337 e. The fraction of sp³-hybridized carbons (Fsp3) is 0.385. The normalized spacial score (nSPS) is 14.9. The van der Waals surface area contributed by atoms with E-state index in [0.29, 0.717) is 32.1 Å². The molecule has 108 valence electrons. The predicted octanol–water partition coefficient (Wildman–Crippen LogP) is 0.205. The van der Waals surface area contributed by atoms with Crippen molar-refractivity contribution in [2.45, 2.75) is 0 Å². The summed E-state index contributed by atoms with van der Waals surface area (Å²) in [5.74, 6) is -0.979. The molecule has 0 atom stereocenters. The summed E-state index contributed by atoms with van der Waals surface area (Å²) in [6, 6.07) is 4.29. The molecule has 0 saturated carbocycles. The Labute approximate surface area is 115 Å². The minimum Gasteiger partial charge on any atom is -0.484 e. The zero-order valence-corrected chi connectivity index (χ0v) is 10.9. The molecular weight excluding hydrogens is 264 g/mol. The summed E-state index contributed by atoms with van der Waals surface area (Å²) >= 11 is 0. The van der Waals surface area contributed by atoms with Crippen LogP contribution in [0.2, 0.25) is 0 Å². The molecule has 1 aromatic rings. The van der Waals surface area contributed by atoms with E-state index in [1.54, 1.807) is 4.90 Å². The Kier molecular flexibility index (Phi) is 4.41. The first kappa shape index (κ1) is 14.1. The zero-order chi connectivity index (χ0) is 14.5. The van der Waals surface area contributed by atoms with Crippen molar-refractivity contribution in [1.29, 1.82) is 0 Å². The minimum atomic E-state index is -1.13. The Morgan fingerprint density at radius 3 is 2.70 bits per heavy atom. The zero-order valence-electron chi connectivity index (χ0n) is 10.9. The second-order valence-corrected chi connectivity index (χ2v) is 4.34. The van der Waals surface area contributed by atoms with Crippen LogP contribution in [0, 0.1) is 0 Å². The highest BCUT2D eigenvalue weighted by Gasteiger charge is 2.17. The topological polar surface area (TPSA) is 102 Å². The number of nitrogens with zero attached hydrogens (tertiary/aromatic N) is 1. The second-order valence-electron chi connectivity index (χ2n) is 4.34. The van der Waals surface area contributed by atoms with E-state index < -0.39 is 5.97 Å². The molecule has 1 aromatic carbocycles. The lowest BCUT2D eigenvalue weighted by atomic mass is 10.2. The highest BCUT2D eigenvalue weighted by molar-refractivity contribution is 5.94. The molecule has 2 rings (SSSR count). The molecule has 20 heavy (non-hydrogen) atoms. The van der Waals surface area contributed by atoms with E-state index in [2.05, 4.69) is 0 Å². The van der Waals surface area contributed by atoms with Crippen LogP contribution in [0.1, 0.15) is 10.4 Å². The Hall–Kier alpha value is -2.28. The quantitative estimate of drug-likeness (QED) is 0.764. The Balaban J connectivity index is 1.95. The van der Waals surface area contributed by atoms with Gasteiger partial charge in [-0.2, -0.15) is 0 Å². The van der Waals surface area contributed by atoms with Gasteiger partial charge < -0.3 is 25.2 Å². The van der Waals surface area contributed by atoms with Gasteiger partial charge in [-0.05, 0) is 18.2 Å². The van der Waals surface area contributed by atoms with Gasteiger partial charge in [0, 0.05) is 18.8 Å². The molecule has 0 radical (unpaired) electrons. The molecule has 0 aromatic heterocycles. The third kappa shape index (κ3) is 3.39. The first-order chi connectivity index (χ1) is 9.58. The Bertz CT molecular complexity index is 511. The van der Waals surface area contributed by atoms with Gasteiger partial charge in [-0.25, -0.2) is 4.79 Å². The summed E-state index contributed by atoms with van der Waals surface area (Å²) in [6.07, 6.45) is 0. The van der Waals surface area contributed by atoms with Crippen LogP contribution in [0.15, 0.2) is 18.2 Å². The number of hydrogen-bond acceptors (Lipinski definition) is 5. The summed E-state index contributed by atoms with van der Waals surface area (Å²) in [4.78, 5) is 24.4. The number of ether oxygens (including phenoxy) is 2. The van der Waals surface area contributed by atoms with Crippen LogP contribution in [-0.4, -0.2) is 54.8 Å². The number of carboxylic acid groups (broad SMARTS) is 1. The van der Waals surface area contributed by atoms with Gasteiger partial charge in [-0.15, -0.1) is 0 Å². The third-order valence-electron chi connectivity index (χ3n) is 2.98. The number of aromatic carboxylic acids is 1. The molecule has 3 N–H and O–H groups in total. The lowest BCUT2D eigenvalue weighted by Gasteiger charge is -2.26. The molecule has 0 unspecified atom stereocenters. The van der Waals surface area contributed by atoms with Crippen molar-refractivity contribution in [2.24, 2.45) is 0 Å². The van der Waals surface area contributed by atoms with E-state index in [1.165, 1.54) is 18.2 Å². The molecule has 0 bridgehead atoms. The number of carbonyl (C=O) groups excluding carboxylic acids is 1. The van der Waals surface area contributed by atoms with Gasteiger partial charge in [0.25, 0.3) is 5.91 Å². The predicted molar refractivity (Wildman–Crippen MR) is 70.7 cm³/mol. The lowest BCUT2D eigenvalue weighted by molar-refractivity contribution is -0.137. The molecule has 1 amide bonds. The molecule has 1 aliphatic rings. The Morgan fingerprint density at radius 1 is 1.35 bits per heavy atom. The number of hydrogen-bond donors (Lipinski definition) is 2. The van der Waals surface area contributed by atoms with Crippen molar-refractivity contribution in [2.75, 3.05) is 38.6 Å². The summed E-state index contributed by atoms with van der Waals surface area (Å²) in [5, 5.41) is 8.95. The van der Waals surface area contributed by atoms with Crippen LogP contribution in [0.5, 0.6) is 5.75 Å². The summed E-state index contributed by atoms with van der Waals surface area (Å²) < 4.78 is 10.5. The van der Waals surface area contributed by atoms with Crippen molar-refractivity contribution in [1.82, 2.24) is 4.90 Å². The number of nitrogen functional groups attached to an aromatic ring is 1. The highest BCUT2D eigenvalue weighted by Crippen LogP contribution is 2.19. The van der Waals surface area contributed by atoms with E-state index >= 15 is 0 Å². The molecule has 7 nitrogen and oxygen atoms in total. The SMILES string of the molecule is Nc1ccc(OCC(=O)N2CCOCC2)cc1C(=O)O. The number of nitrogens with two attached hydrogens (primary N) is 1. The smallest absolute Gasteiger partial charge is 0.337 e. The summed E-state index contributed by atoms with van der Waals surface area (Å²) in [7, 11) is 0. The average Bonchev–Trinajstić information content (AvgIpc) is 2.46. The molecule has 1 heterocycles. The highest BCUT2D eigenvalue weighted by atomic mass is 16.5. The van der Waals surface area contributed by atoms with Crippen molar-refractivity contribution in [3.8, 4) is 5.75 Å². The standard InChI is InChI=1S/C13H16N2O5/c14-11-2-1-9(7-10(11)13(17)18)20-8-12(16)15-3-5-19-6-4-15/h1-2,7H,3-6,8,14H2,(H,17,18). The van der Waals surface area contributed by atoms with Gasteiger partial charge in [0.2, 0.25) is 0 Å². The molecule has 0 aliphatic carbocycles. The molecule has 0 spiro atoms. The number of rotatable bonds is 4. The molecular formula is C13H16N2O5. The Morgan fingerprint density at radius 2 is 2.05 bits per heavy atom. The average molecular weight is 280 g/mol. The van der Waals surface area contributed by atoms with Crippen LogP contribution in [0.25, 0.3) is 0 Å². The van der Waals surface area contributed by atoms with Crippen LogP contribution in [0.3, 0.4) is 0 Å². The monoisotopic (exact) mass is 280 g/mol. The molecule has 1 aliphatic heterocycles. The van der Waals surface area contributed by atoms with Crippen LogP contribution in [-0.2, 0) is 9.53 Å². The van der Waals surface area contributed by atoms with E-state index in [4.69, 9.17) is 20.3 Å². The van der Waals surface area contributed by atoms with Gasteiger partial charge >= 0.3 is 5.97 Å². The van der Waals surface area contributed by atoms with Crippen molar-refractivity contribution in [3.05, 3.63) is 23.8 Å². The van der Waals surface area contributed by atoms with Crippen LogP contribution < -0.4 is 10.5 Å². The number of carboxylic acids is 1. The fourth-order valence-electron chi connectivity index (χ4n) is 1.86. The largest absolute Gasteiger partial charge is 0.484 e. The number of morpholine rings is 1. The summed E-state index contributed by atoms with van der Waals surface area (Å²) in [6.45, 7) is 2.01. The lowest BCUT2D eigenvalue weighted by Crippen LogP contribution is -2.42. The van der Waals surface area contributed by atoms with E-state index in [1.807, 2.05) is 0 Å². The number of anilines is 1. The van der Waals surface area contributed by atoms with Gasteiger partial charge in [-0.1, -0.05) is 0 Å². The summed E-state index contributed by atoms with van der Waals surface area (Å²) in [5.41, 5.74) is 5.65. The fourth-order valence-corrected chi connectivity index (χ4v) is 1.86. The maximum atomic E-state index is 11.9. The third-order valence-corrected chi connectivity index (χ3v) is 2.98. The van der Waals surface area contributed by atoms with Gasteiger partial charge in [0.1, 0.15) is 5.75 Å². The first-order valence-corrected chi connectivity index (χ1v) is 6.19. The number of amides is 1. The van der Waals surface area contributed by atoms with E-state index in [9.17, 15) is 9.59 Å². The van der Waals surface area contributed by atoms with Gasteiger partial charge in [0.15, 0.2) is 6.61 Å². The minimum absolute atomic E-state index is 0.0404. The van der Waals surface area contributed by atoms with Gasteiger partial charge in [0.05, 0.1) is 18.8 Å². The molecule has 7 heteroatoms. The van der Waals surface area contributed by atoms with Crippen molar-refractivity contribution in [3.63, 3.8) is 0 Å². The first-order valence-electron chi connectivity index (χ1n) is 6.19. The van der Waals surface area contributed by atoms with Crippen LogP contribution >= 0.6 is 0 Å². The van der Waals surface area contributed by atoms with Gasteiger partial charge in [-0.3, -0.25) is 4.79 Å².